The van der Waals surface area contributed by atoms with Crippen LogP contribution < -0.4 is 5.32 Å². The van der Waals surface area contributed by atoms with Gasteiger partial charge in [-0.15, -0.1) is 0 Å². The molecule has 0 aromatic carbocycles. The summed E-state index contributed by atoms with van der Waals surface area (Å²) in [6, 6.07) is -1.17. The Morgan fingerprint density at radius 3 is 2.67 bits per heavy atom. The van der Waals surface area contributed by atoms with Gasteiger partial charge >= 0.3 is 12.0 Å². The van der Waals surface area contributed by atoms with Crippen molar-refractivity contribution in [3.63, 3.8) is 0 Å². The van der Waals surface area contributed by atoms with Crippen LogP contribution in [0, 0.1) is 5.92 Å². The minimum atomic E-state index is -1.00. The lowest BCUT2D eigenvalue weighted by Gasteiger charge is -2.33. The molecule has 0 aliphatic carbocycles. The molecule has 2 amide bonds. The van der Waals surface area contributed by atoms with E-state index in [4.69, 9.17) is 9.84 Å². The van der Waals surface area contributed by atoms with E-state index < -0.39 is 12.0 Å². The first-order valence-electron chi connectivity index (χ1n) is 6.35. The highest BCUT2D eigenvalue weighted by Crippen LogP contribution is 2.09. The van der Waals surface area contributed by atoms with Gasteiger partial charge < -0.3 is 20.1 Å². The maximum atomic E-state index is 12.0. The molecule has 18 heavy (non-hydrogen) atoms. The van der Waals surface area contributed by atoms with Crippen LogP contribution in [0.4, 0.5) is 4.79 Å². The van der Waals surface area contributed by atoms with Gasteiger partial charge in [-0.05, 0) is 12.3 Å². The highest BCUT2D eigenvalue weighted by atomic mass is 16.5. The van der Waals surface area contributed by atoms with E-state index in [0.717, 1.165) is 6.42 Å². The number of carboxylic acids is 1. The Hall–Kier alpha value is -1.30. The number of nitrogens with one attached hydrogen (secondary N) is 1. The predicted octanol–water partition coefficient (Wildman–Crippen LogP) is 0.916. The summed E-state index contributed by atoms with van der Waals surface area (Å²) in [6.45, 7) is 7.07. The van der Waals surface area contributed by atoms with Crippen molar-refractivity contribution in [1.29, 1.82) is 0 Å². The molecule has 0 bridgehead atoms. The number of carbonyl (C=O) groups is 2. The van der Waals surface area contributed by atoms with E-state index in [1.165, 1.54) is 0 Å². The van der Waals surface area contributed by atoms with Crippen molar-refractivity contribution in [1.82, 2.24) is 10.2 Å². The molecule has 6 heteroatoms. The van der Waals surface area contributed by atoms with E-state index >= 15 is 0 Å². The number of carboxylic acid groups (broad SMARTS) is 1. The number of carbonyl (C=O) groups excluding carboxylic acids is 1. The molecule has 1 fully saturated rings. The lowest BCUT2D eigenvalue weighted by atomic mass is 10.1. The molecule has 1 saturated heterocycles. The number of nitrogens with zero attached hydrogens (tertiary/aromatic N) is 1. The second-order valence-corrected chi connectivity index (χ2v) is 4.86. The molecule has 1 aliphatic heterocycles. The number of amides is 2. The summed E-state index contributed by atoms with van der Waals surface area (Å²) < 4.78 is 5.47. The van der Waals surface area contributed by atoms with Crippen LogP contribution in [0.3, 0.4) is 0 Å². The molecule has 0 radical (unpaired) electrons. The zero-order valence-electron chi connectivity index (χ0n) is 11.2. The van der Waals surface area contributed by atoms with Crippen molar-refractivity contribution in [2.24, 2.45) is 5.92 Å². The Bertz CT molecular complexity index is 306. The van der Waals surface area contributed by atoms with Gasteiger partial charge in [-0.25, -0.2) is 9.59 Å². The summed E-state index contributed by atoms with van der Waals surface area (Å²) in [5, 5.41) is 11.6. The molecular weight excluding hydrogens is 236 g/mol. The number of ether oxygens (including phenoxy) is 1. The number of rotatable bonds is 4. The SMILES string of the molecule is CCC1CN(C(=O)N[C@H](C(=O)O)C(C)C)CCO1. The fraction of sp³-hybridized carbons (Fsp3) is 0.833. The van der Waals surface area contributed by atoms with E-state index in [1.807, 2.05) is 6.92 Å². The van der Waals surface area contributed by atoms with E-state index in [2.05, 4.69) is 5.32 Å². The first-order valence-corrected chi connectivity index (χ1v) is 6.35. The molecule has 1 aliphatic rings. The standard InChI is InChI=1S/C12H22N2O4/c1-4-9-7-14(5-6-18-9)12(17)13-10(8(2)3)11(15)16/h8-10H,4-7H2,1-3H3,(H,13,17)(H,15,16)/t9?,10-/m0/s1. The van der Waals surface area contributed by atoms with Gasteiger partial charge in [0.05, 0.1) is 12.7 Å². The summed E-state index contributed by atoms with van der Waals surface area (Å²) in [5.41, 5.74) is 0. The Kier molecular flexibility index (Phi) is 5.40. The van der Waals surface area contributed by atoms with Gasteiger partial charge in [-0.1, -0.05) is 20.8 Å². The third kappa shape index (κ3) is 3.87. The lowest BCUT2D eigenvalue weighted by Crippen LogP contribution is -2.54. The first kappa shape index (κ1) is 14.8. The average Bonchev–Trinajstić information content (AvgIpc) is 2.34. The maximum absolute atomic E-state index is 12.0. The third-order valence-electron chi connectivity index (χ3n) is 3.09. The predicted molar refractivity (Wildman–Crippen MR) is 66.4 cm³/mol. The molecule has 2 atom stereocenters. The summed E-state index contributed by atoms with van der Waals surface area (Å²) in [7, 11) is 0. The maximum Gasteiger partial charge on any atom is 0.326 e. The van der Waals surface area contributed by atoms with Gasteiger partial charge in [-0.2, -0.15) is 0 Å². The van der Waals surface area contributed by atoms with Crippen LogP contribution in [-0.4, -0.2) is 53.8 Å². The quantitative estimate of drug-likeness (QED) is 0.785. The zero-order chi connectivity index (χ0) is 13.7. The van der Waals surface area contributed by atoms with E-state index in [-0.39, 0.29) is 18.1 Å². The van der Waals surface area contributed by atoms with Crippen molar-refractivity contribution >= 4 is 12.0 Å². The number of urea groups is 1. The van der Waals surface area contributed by atoms with Crippen LogP contribution >= 0.6 is 0 Å². The molecular formula is C12H22N2O4. The van der Waals surface area contributed by atoms with E-state index in [1.54, 1.807) is 18.7 Å². The smallest absolute Gasteiger partial charge is 0.326 e. The van der Waals surface area contributed by atoms with Crippen molar-refractivity contribution in [3.05, 3.63) is 0 Å². The van der Waals surface area contributed by atoms with Gasteiger partial charge in [0.1, 0.15) is 6.04 Å². The molecule has 104 valence electrons. The minimum Gasteiger partial charge on any atom is -0.480 e. The molecule has 1 rings (SSSR count). The van der Waals surface area contributed by atoms with Gasteiger partial charge in [-0.3, -0.25) is 0 Å². The minimum absolute atomic E-state index is 0.0480. The Morgan fingerprint density at radius 2 is 2.17 bits per heavy atom. The first-order chi connectivity index (χ1) is 8.45. The highest BCUT2D eigenvalue weighted by Gasteiger charge is 2.28. The van der Waals surface area contributed by atoms with E-state index in [0.29, 0.717) is 19.7 Å². The molecule has 1 heterocycles. The topological polar surface area (TPSA) is 78.9 Å². The fourth-order valence-electron chi connectivity index (χ4n) is 1.89. The zero-order valence-corrected chi connectivity index (χ0v) is 11.2. The van der Waals surface area contributed by atoms with Crippen molar-refractivity contribution < 1.29 is 19.4 Å². The number of aliphatic carboxylic acids is 1. The highest BCUT2D eigenvalue weighted by molar-refractivity contribution is 5.82. The number of morpholine rings is 1. The lowest BCUT2D eigenvalue weighted by molar-refractivity contribution is -0.140. The molecule has 0 saturated carbocycles. The van der Waals surface area contributed by atoms with Crippen LogP contribution in [-0.2, 0) is 9.53 Å². The molecule has 6 nitrogen and oxygen atoms in total. The summed E-state index contributed by atoms with van der Waals surface area (Å²) in [5.74, 6) is -1.15. The van der Waals surface area contributed by atoms with Crippen molar-refractivity contribution in [3.8, 4) is 0 Å². The molecule has 1 unspecified atom stereocenters. The van der Waals surface area contributed by atoms with Crippen LogP contribution in [0.25, 0.3) is 0 Å². The summed E-state index contributed by atoms with van der Waals surface area (Å²) in [6.07, 6.45) is 0.892. The third-order valence-corrected chi connectivity index (χ3v) is 3.09. The monoisotopic (exact) mass is 258 g/mol. The van der Waals surface area contributed by atoms with Gasteiger partial charge in [0.25, 0.3) is 0 Å². The van der Waals surface area contributed by atoms with Crippen LogP contribution in [0.15, 0.2) is 0 Å². The number of hydrogen-bond acceptors (Lipinski definition) is 3. The Labute approximate surface area is 107 Å². The van der Waals surface area contributed by atoms with Crippen LogP contribution in [0.2, 0.25) is 0 Å². The van der Waals surface area contributed by atoms with Crippen LogP contribution in [0.5, 0.6) is 0 Å². The van der Waals surface area contributed by atoms with Gasteiger partial charge in [0.2, 0.25) is 0 Å². The van der Waals surface area contributed by atoms with E-state index in [9.17, 15) is 9.59 Å². The largest absolute Gasteiger partial charge is 0.480 e. The molecule has 0 aromatic rings. The van der Waals surface area contributed by atoms with Crippen molar-refractivity contribution in [2.75, 3.05) is 19.7 Å². The average molecular weight is 258 g/mol. The normalized spacial score (nSPS) is 21.8. The van der Waals surface area contributed by atoms with Gasteiger partial charge in [0.15, 0.2) is 0 Å². The van der Waals surface area contributed by atoms with Gasteiger partial charge in [0, 0.05) is 13.1 Å². The van der Waals surface area contributed by atoms with Crippen LogP contribution in [0.1, 0.15) is 27.2 Å². The number of hydrogen-bond donors (Lipinski definition) is 2. The molecule has 2 N–H and O–H groups in total. The second kappa shape index (κ2) is 6.58. The molecule has 0 aromatic heterocycles. The Balaban J connectivity index is 2.55. The second-order valence-electron chi connectivity index (χ2n) is 4.86. The summed E-state index contributed by atoms with van der Waals surface area (Å²) in [4.78, 5) is 24.6. The molecule has 0 spiro atoms. The fourth-order valence-corrected chi connectivity index (χ4v) is 1.89. The van der Waals surface area contributed by atoms with Crippen molar-refractivity contribution in [2.45, 2.75) is 39.3 Å². The summed E-state index contributed by atoms with van der Waals surface area (Å²) >= 11 is 0. The Morgan fingerprint density at radius 1 is 1.50 bits per heavy atom.